The predicted molar refractivity (Wildman–Crippen MR) is 96.4 cm³/mol. The van der Waals surface area contributed by atoms with E-state index in [1.165, 1.54) is 7.11 Å². The molecule has 0 aromatic rings. The van der Waals surface area contributed by atoms with Crippen molar-refractivity contribution in [1.29, 1.82) is 0 Å². The highest BCUT2D eigenvalue weighted by Crippen LogP contribution is 2.32. The number of allylic oxidation sites excluding steroid dienone is 5. The van der Waals surface area contributed by atoms with Crippen LogP contribution in [0.1, 0.15) is 27.2 Å². The molecular weight excluding hydrogens is 328 g/mol. The molecule has 0 amide bonds. The molecule has 24 heavy (non-hydrogen) atoms. The molecule has 3 aliphatic rings. The molecule has 130 valence electrons. The summed E-state index contributed by atoms with van der Waals surface area (Å²) in [6, 6.07) is 0. The summed E-state index contributed by atoms with van der Waals surface area (Å²) in [5.41, 5.74) is 8.08. The number of oxime groups is 1. The molecular formula is C16H23N4O3S+. The van der Waals surface area contributed by atoms with E-state index in [-0.39, 0.29) is 0 Å². The maximum atomic E-state index is 6.09. The summed E-state index contributed by atoms with van der Waals surface area (Å²) in [5, 5.41) is 6.99. The largest absolute Gasteiger partial charge is 0.399 e. The zero-order chi connectivity index (χ0) is 17.9. The van der Waals surface area contributed by atoms with Crippen molar-refractivity contribution < 1.29 is 19.3 Å². The Hall–Kier alpha value is -2.19. The standard InChI is InChI=1S/C16H22N4O3S/c1-9-7-12-8-13(14(19-22-6)16(24)17-4)15(9)23-20(12)11(3)10(2)18-21-5/h8H,7H2,1-6H3,(H-,17,18,19,24)/p+1. The summed E-state index contributed by atoms with van der Waals surface area (Å²) in [4.78, 5) is 16.5. The fourth-order valence-corrected chi connectivity index (χ4v) is 2.68. The van der Waals surface area contributed by atoms with Gasteiger partial charge in [0.25, 0.3) is 5.70 Å². The van der Waals surface area contributed by atoms with Gasteiger partial charge in [-0.2, -0.15) is 0 Å². The maximum absolute atomic E-state index is 6.09. The Labute approximate surface area is 147 Å². The zero-order valence-electron chi connectivity index (χ0n) is 14.8. The summed E-state index contributed by atoms with van der Waals surface area (Å²) >= 11 is 5.33. The summed E-state index contributed by atoms with van der Waals surface area (Å²) in [5.74, 6) is 0.739. The van der Waals surface area contributed by atoms with Crippen LogP contribution in [0.3, 0.4) is 0 Å². The average Bonchev–Trinajstić information content (AvgIpc) is 2.58. The minimum atomic E-state index is 0.496. The first-order valence-electron chi connectivity index (χ1n) is 7.50. The van der Waals surface area contributed by atoms with Gasteiger partial charge in [0.2, 0.25) is 11.5 Å². The van der Waals surface area contributed by atoms with Crippen LogP contribution >= 0.6 is 12.2 Å². The van der Waals surface area contributed by atoms with E-state index < -0.39 is 0 Å². The second-order valence-electron chi connectivity index (χ2n) is 5.44. The van der Waals surface area contributed by atoms with Crippen LogP contribution in [0.25, 0.3) is 0 Å². The van der Waals surface area contributed by atoms with Crippen molar-refractivity contribution in [2.75, 3.05) is 21.3 Å². The fraction of sp³-hybridized carbons (Fsp3) is 0.438. The Morgan fingerprint density at radius 1 is 1.38 bits per heavy atom. The maximum Gasteiger partial charge on any atom is 0.252 e. The molecule has 0 spiro atoms. The SMILES string of the molecule is CNC(=S)C(=NOC)C1=CC2=[N+](C(C)=C(C)NOC)OC1=C(C)C2. The Bertz CT molecular complexity index is 717. The molecule has 2 bridgehead atoms. The molecule has 3 rings (SSSR count). The van der Waals surface area contributed by atoms with Gasteiger partial charge in [0.1, 0.15) is 23.5 Å². The van der Waals surface area contributed by atoms with Gasteiger partial charge in [0, 0.05) is 24.8 Å². The van der Waals surface area contributed by atoms with Gasteiger partial charge in [-0.05, 0) is 19.4 Å². The number of hydrogen-bond donors (Lipinski definition) is 2. The van der Waals surface area contributed by atoms with Crippen molar-refractivity contribution in [3.05, 3.63) is 34.4 Å². The smallest absolute Gasteiger partial charge is 0.252 e. The van der Waals surface area contributed by atoms with Gasteiger partial charge in [-0.25, -0.2) is 4.84 Å². The molecule has 8 heteroatoms. The van der Waals surface area contributed by atoms with Crippen molar-refractivity contribution in [3.8, 4) is 0 Å². The average molecular weight is 351 g/mol. The van der Waals surface area contributed by atoms with Gasteiger partial charge in [-0.1, -0.05) is 17.4 Å². The summed E-state index contributed by atoms with van der Waals surface area (Å²) < 4.78 is 1.79. The van der Waals surface area contributed by atoms with Gasteiger partial charge in [0.05, 0.1) is 19.1 Å². The van der Waals surface area contributed by atoms with E-state index in [4.69, 9.17) is 26.7 Å². The summed E-state index contributed by atoms with van der Waals surface area (Å²) in [6.45, 7) is 5.91. The zero-order valence-corrected chi connectivity index (χ0v) is 15.6. The molecule has 2 heterocycles. The van der Waals surface area contributed by atoms with Crippen LogP contribution in [0.5, 0.6) is 0 Å². The summed E-state index contributed by atoms with van der Waals surface area (Å²) in [7, 11) is 4.82. The van der Waals surface area contributed by atoms with Crippen LogP contribution in [0.15, 0.2) is 39.5 Å². The third-order valence-corrected chi connectivity index (χ3v) is 4.21. The van der Waals surface area contributed by atoms with E-state index in [1.807, 2.05) is 26.8 Å². The second-order valence-corrected chi connectivity index (χ2v) is 5.85. The highest BCUT2D eigenvalue weighted by molar-refractivity contribution is 7.82. The van der Waals surface area contributed by atoms with E-state index in [2.05, 4.69) is 16.0 Å². The van der Waals surface area contributed by atoms with Crippen molar-refractivity contribution in [2.24, 2.45) is 5.16 Å². The molecule has 0 atom stereocenters. The molecule has 0 radical (unpaired) electrons. The number of thiocarbonyl (C=S) groups is 1. The van der Waals surface area contributed by atoms with Crippen LogP contribution in [0.4, 0.5) is 0 Å². The number of nitrogens with one attached hydrogen (secondary N) is 2. The van der Waals surface area contributed by atoms with E-state index in [1.54, 1.807) is 18.9 Å². The van der Waals surface area contributed by atoms with Crippen molar-refractivity contribution >= 4 is 28.6 Å². The first-order valence-corrected chi connectivity index (χ1v) is 7.91. The fourth-order valence-electron chi connectivity index (χ4n) is 2.53. The van der Waals surface area contributed by atoms with Crippen LogP contribution in [0, 0.1) is 0 Å². The molecule has 0 fully saturated rings. The monoisotopic (exact) mass is 351 g/mol. The third-order valence-electron chi connectivity index (χ3n) is 3.82. The van der Waals surface area contributed by atoms with Gasteiger partial charge in [0.15, 0.2) is 0 Å². The minimum Gasteiger partial charge on any atom is -0.399 e. The molecule has 0 aromatic heterocycles. The van der Waals surface area contributed by atoms with Gasteiger partial charge < -0.3 is 10.2 Å². The molecule has 1 aliphatic carbocycles. The van der Waals surface area contributed by atoms with Crippen LogP contribution in [-0.4, -0.2) is 42.4 Å². The molecule has 0 unspecified atom stereocenters. The van der Waals surface area contributed by atoms with Crippen LogP contribution in [-0.2, 0) is 14.5 Å². The lowest BCUT2D eigenvalue weighted by molar-refractivity contribution is -0.741. The van der Waals surface area contributed by atoms with Crippen molar-refractivity contribution in [3.63, 3.8) is 0 Å². The Morgan fingerprint density at radius 3 is 2.62 bits per heavy atom. The highest BCUT2D eigenvalue weighted by Gasteiger charge is 2.39. The second kappa shape index (κ2) is 7.59. The van der Waals surface area contributed by atoms with Crippen molar-refractivity contribution in [1.82, 2.24) is 10.8 Å². The lowest BCUT2D eigenvalue weighted by Gasteiger charge is -2.24. The van der Waals surface area contributed by atoms with E-state index in [9.17, 15) is 0 Å². The van der Waals surface area contributed by atoms with Gasteiger partial charge >= 0.3 is 0 Å². The lowest BCUT2D eigenvalue weighted by atomic mass is 9.92. The third kappa shape index (κ3) is 3.34. The lowest BCUT2D eigenvalue weighted by Crippen LogP contribution is -2.36. The Morgan fingerprint density at radius 2 is 2.08 bits per heavy atom. The number of hydrogen-bond acceptors (Lipinski definition) is 6. The van der Waals surface area contributed by atoms with E-state index >= 15 is 0 Å². The van der Waals surface area contributed by atoms with Crippen molar-refractivity contribution in [2.45, 2.75) is 27.2 Å². The Balaban J connectivity index is 2.52. The van der Waals surface area contributed by atoms with Gasteiger partial charge in [-0.15, -0.1) is 0 Å². The molecule has 7 nitrogen and oxygen atoms in total. The predicted octanol–water partition coefficient (Wildman–Crippen LogP) is 1.94. The molecule has 0 saturated heterocycles. The molecule has 2 aliphatic heterocycles. The van der Waals surface area contributed by atoms with E-state index in [0.29, 0.717) is 10.7 Å². The normalized spacial score (nSPS) is 18.1. The summed E-state index contributed by atoms with van der Waals surface area (Å²) in [6.07, 6.45) is 2.82. The van der Waals surface area contributed by atoms with E-state index in [0.717, 1.165) is 40.4 Å². The number of nitrogens with zero attached hydrogens (tertiary/aromatic N) is 2. The minimum absolute atomic E-state index is 0.496. The van der Waals surface area contributed by atoms with Gasteiger partial charge in [-0.3, -0.25) is 10.3 Å². The topological polar surface area (TPSA) is 67.1 Å². The quantitative estimate of drug-likeness (QED) is 0.330. The molecule has 0 saturated carbocycles. The number of rotatable bonds is 6. The van der Waals surface area contributed by atoms with Crippen LogP contribution < -0.4 is 10.8 Å². The highest BCUT2D eigenvalue weighted by atomic mass is 32.1. The number of fused-ring (bicyclic) bond motifs is 2. The van der Waals surface area contributed by atoms with Crippen LogP contribution in [0.2, 0.25) is 0 Å². The molecule has 0 aromatic carbocycles. The first kappa shape index (κ1) is 18.2. The number of hydroxylamine groups is 2. The molecule has 2 N–H and O–H groups in total. The first-order chi connectivity index (χ1) is 11.4. The Kier molecular flexibility index (Phi) is 5.74.